The third-order valence-electron chi connectivity index (χ3n) is 3.53. The van der Waals surface area contributed by atoms with Crippen LogP contribution in [0.1, 0.15) is 18.4 Å². The molecule has 0 aromatic heterocycles. The molecule has 0 aliphatic heterocycles. The maximum atomic E-state index is 12.7. The second-order valence-electron chi connectivity index (χ2n) is 5.33. The minimum Gasteiger partial charge on any atom is -0.511 e. The van der Waals surface area contributed by atoms with Gasteiger partial charge in [0.25, 0.3) is 0 Å². The van der Waals surface area contributed by atoms with Crippen LogP contribution in [0.4, 0.5) is 0 Å². The topological polar surface area (TPSA) is 148 Å². The number of rotatable bonds is 4. The summed E-state index contributed by atoms with van der Waals surface area (Å²) in [6.07, 6.45) is 1.84. The SMILES string of the molecule is CC(C(=O)C1C(O)=CC(O)=C/C1=N\P(=O)(O)O)c1ccc(O)cc1. The second-order valence-corrected chi connectivity index (χ2v) is 6.55. The lowest BCUT2D eigenvalue weighted by atomic mass is 9.83. The smallest absolute Gasteiger partial charge is 0.448 e. The molecular weight excluding hydrogens is 337 g/mol. The van der Waals surface area contributed by atoms with Gasteiger partial charge in [0.15, 0.2) is 5.78 Å². The van der Waals surface area contributed by atoms with Crippen molar-refractivity contribution in [2.75, 3.05) is 0 Å². The van der Waals surface area contributed by atoms with Gasteiger partial charge in [-0.25, -0.2) is 4.57 Å². The third-order valence-corrected chi connectivity index (χ3v) is 4.02. The van der Waals surface area contributed by atoms with Gasteiger partial charge in [-0.1, -0.05) is 19.1 Å². The first kappa shape index (κ1) is 17.9. The van der Waals surface area contributed by atoms with Gasteiger partial charge in [0.1, 0.15) is 23.2 Å². The molecule has 1 aromatic carbocycles. The van der Waals surface area contributed by atoms with E-state index in [9.17, 15) is 24.7 Å². The Bertz CT molecular complexity index is 789. The molecule has 2 rings (SSSR count). The van der Waals surface area contributed by atoms with Crippen LogP contribution in [0.3, 0.4) is 0 Å². The Morgan fingerprint density at radius 1 is 1.12 bits per heavy atom. The van der Waals surface area contributed by atoms with Crippen molar-refractivity contribution in [3.8, 4) is 5.75 Å². The molecular formula is C15H16NO7P. The van der Waals surface area contributed by atoms with Crippen molar-refractivity contribution in [1.82, 2.24) is 0 Å². The molecule has 0 bridgehead atoms. The first-order valence-electron chi connectivity index (χ1n) is 6.88. The van der Waals surface area contributed by atoms with Gasteiger partial charge in [0.05, 0.1) is 5.71 Å². The first-order chi connectivity index (χ1) is 11.1. The Labute approximate surface area is 137 Å². The monoisotopic (exact) mass is 353 g/mol. The Kier molecular flexibility index (Phi) is 4.94. The van der Waals surface area contributed by atoms with Crippen molar-refractivity contribution in [2.45, 2.75) is 12.8 Å². The lowest BCUT2D eigenvalue weighted by molar-refractivity contribution is -0.121. The summed E-state index contributed by atoms with van der Waals surface area (Å²) in [5, 5.41) is 28.8. The van der Waals surface area contributed by atoms with Gasteiger partial charge in [0.2, 0.25) is 0 Å². The van der Waals surface area contributed by atoms with Crippen LogP contribution in [-0.4, -0.2) is 36.6 Å². The number of nitrogens with zero attached hydrogens (tertiary/aromatic N) is 1. The van der Waals surface area contributed by atoms with E-state index < -0.39 is 42.6 Å². The molecule has 2 unspecified atom stereocenters. The van der Waals surface area contributed by atoms with E-state index in [-0.39, 0.29) is 5.75 Å². The fourth-order valence-corrected chi connectivity index (χ4v) is 2.84. The summed E-state index contributed by atoms with van der Waals surface area (Å²) in [6.45, 7) is 1.55. The number of hydrogen-bond acceptors (Lipinski definition) is 5. The van der Waals surface area contributed by atoms with Crippen LogP contribution in [0.5, 0.6) is 5.75 Å². The van der Waals surface area contributed by atoms with Crippen molar-refractivity contribution in [3.05, 3.63) is 53.5 Å². The van der Waals surface area contributed by atoms with E-state index in [2.05, 4.69) is 4.76 Å². The first-order valence-corrected chi connectivity index (χ1v) is 8.44. The highest BCUT2D eigenvalue weighted by Crippen LogP contribution is 2.39. The van der Waals surface area contributed by atoms with Gasteiger partial charge in [0, 0.05) is 18.1 Å². The molecule has 0 amide bonds. The quantitative estimate of drug-likeness (QED) is 0.521. The summed E-state index contributed by atoms with van der Waals surface area (Å²) in [7, 11) is -4.86. The molecule has 0 saturated heterocycles. The van der Waals surface area contributed by atoms with E-state index >= 15 is 0 Å². The number of phenols is 1. The largest absolute Gasteiger partial charge is 0.511 e. The number of ketones is 1. The predicted octanol–water partition coefficient (Wildman–Crippen LogP) is 2.11. The Balaban J connectivity index is 2.41. The van der Waals surface area contributed by atoms with Crippen LogP contribution < -0.4 is 0 Å². The molecule has 2 atom stereocenters. The number of aromatic hydroxyl groups is 1. The number of Topliss-reactive ketones (excluding diaryl/α,β-unsaturated/α-hetero) is 1. The Morgan fingerprint density at radius 2 is 1.71 bits per heavy atom. The van der Waals surface area contributed by atoms with E-state index in [0.717, 1.165) is 12.2 Å². The van der Waals surface area contributed by atoms with E-state index in [1.165, 1.54) is 24.3 Å². The van der Waals surface area contributed by atoms with E-state index in [1.54, 1.807) is 6.92 Å². The van der Waals surface area contributed by atoms with Crippen molar-refractivity contribution >= 4 is 19.2 Å². The van der Waals surface area contributed by atoms with Crippen LogP contribution in [0.15, 0.2) is 52.7 Å². The van der Waals surface area contributed by atoms with Gasteiger partial charge >= 0.3 is 7.75 Å². The van der Waals surface area contributed by atoms with Crippen LogP contribution in [0.25, 0.3) is 0 Å². The molecule has 0 saturated carbocycles. The average Bonchev–Trinajstić information content (AvgIpc) is 2.44. The highest BCUT2D eigenvalue weighted by Gasteiger charge is 2.35. The summed E-state index contributed by atoms with van der Waals surface area (Å²) >= 11 is 0. The molecule has 8 nitrogen and oxygen atoms in total. The highest BCUT2D eigenvalue weighted by molar-refractivity contribution is 7.50. The summed E-state index contributed by atoms with van der Waals surface area (Å²) in [5.74, 6) is -3.72. The van der Waals surface area contributed by atoms with E-state index in [1.807, 2.05) is 0 Å². The normalized spacial score (nSPS) is 21.1. The molecule has 1 aliphatic rings. The minimum atomic E-state index is -4.86. The number of carbonyl (C=O) groups excluding carboxylic acids is 1. The third kappa shape index (κ3) is 4.11. The lowest BCUT2D eigenvalue weighted by Gasteiger charge is -2.22. The Hall–Kier alpha value is -2.41. The molecule has 0 heterocycles. The number of phenolic OH excluding ortho intramolecular Hbond substituents is 1. The number of aliphatic hydroxyl groups is 2. The number of aliphatic hydroxyl groups excluding tert-OH is 2. The van der Waals surface area contributed by atoms with Crippen molar-refractivity contribution in [1.29, 1.82) is 0 Å². The van der Waals surface area contributed by atoms with E-state index in [0.29, 0.717) is 5.56 Å². The number of benzene rings is 1. The lowest BCUT2D eigenvalue weighted by Crippen LogP contribution is -2.31. The fraction of sp³-hybridized carbons (Fsp3) is 0.200. The maximum Gasteiger partial charge on any atom is 0.448 e. The van der Waals surface area contributed by atoms with Gasteiger partial charge in [-0.05, 0) is 17.7 Å². The molecule has 0 radical (unpaired) electrons. The molecule has 0 fully saturated rings. The van der Waals surface area contributed by atoms with Crippen LogP contribution in [0.2, 0.25) is 0 Å². The van der Waals surface area contributed by atoms with Crippen molar-refractivity contribution < 1.29 is 34.5 Å². The highest BCUT2D eigenvalue weighted by atomic mass is 31.2. The zero-order valence-corrected chi connectivity index (χ0v) is 13.5. The molecule has 0 spiro atoms. The second kappa shape index (κ2) is 6.60. The van der Waals surface area contributed by atoms with Gasteiger partial charge in [-0.3, -0.25) is 4.79 Å². The van der Waals surface area contributed by atoms with Gasteiger partial charge in [-0.15, -0.1) is 0 Å². The van der Waals surface area contributed by atoms with Gasteiger partial charge < -0.3 is 25.1 Å². The van der Waals surface area contributed by atoms with Crippen LogP contribution >= 0.6 is 7.75 Å². The number of allylic oxidation sites excluding steroid dienone is 3. The summed E-state index contributed by atoms with van der Waals surface area (Å²) < 4.78 is 14.3. The molecule has 1 aromatic rings. The molecule has 9 heteroatoms. The minimum absolute atomic E-state index is 0.0235. The standard InChI is InChI=1S/C15H16NO7P/c1-8(9-2-4-10(17)5-3-9)15(20)14-12(16-24(21,22)23)6-11(18)7-13(14)19/h2-8,14,17-19H,1H3,(H2,21,22,23)/b16-12+. The Morgan fingerprint density at radius 3 is 2.25 bits per heavy atom. The maximum absolute atomic E-state index is 12.7. The fourth-order valence-electron chi connectivity index (χ4n) is 2.37. The zero-order chi connectivity index (χ0) is 18.1. The van der Waals surface area contributed by atoms with Crippen molar-refractivity contribution in [2.24, 2.45) is 10.7 Å². The number of hydrogen-bond donors (Lipinski definition) is 5. The van der Waals surface area contributed by atoms with E-state index in [4.69, 9.17) is 9.79 Å². The molecule has 5 N–H and O–H groups in total. The number of carbonyl (C=O) groups is 1. The predicted molar refractivity (Wildman–Crippen MR) is 85.9 cm³/mol. The van der Waals surface area contributed by atoms with Crippen LogP contribution in [-0.2, 0) is 9.36 Å². The summed E-state index contributed by atoms with van der Waals surface area (Å²) in [6, 6.07) is 5.83. The molecule has 1 aliphatic carbocycles. The molecule has 128 valence electrons. The summed E-state index contributed by atoms with van der Waals surface area (Å²) in [4.78, 5) is 30.7. The average molecular weight is 353 g/mol. The zero-order valence-electron chi connectivity index (χ0n) is 12.6. The van der Waals surface area contributed by atoms with Crippen molar-refractivity contribution in [3.63, 3.8) is 0 Å². The van der Waals surface area contributed by atoms with Crippen LogP contribution in [0, 0.1) is 5.92 Å². The molecule has 24 heavy (non-hydrogen) atoms. The summed E-state index contributed by atoms with van der Waals surface area (Å²) in [5.41, 5.74) is 0.122. The van der Waals surface area contributed by atoms with Gasteiger partial charge in [-0.2, -0.15) is 4.76 Å².